The van der Waals surface area contributed by atoms with Crippen LogP contribution in [0.2, 0.25) is 0 Å². The molecule has 1 heterocycles. The van der Waals surface area contributed by atoms with Gasteiger partial charge >= 0.3 is 0 Å². The smallest absolute Gasteiger partial charge is 0.161 e. The third kappa shape index (κ3) is 5.04. The number of nitrogens with zero attached hydrogens (tertiary/aromatic N) is 1. The van der Waals surface area contributed by atoms with E-state index in [1.54, 1.807) is 13.3 Å². The predicted octanol–water partition coefficient (Wildman–Crippen LogP) is 3.41. The summed E-state index contributed by atoms with van der Waals surface area (Å²) in [6, 6.07) is 10.1. The molecule has 0 aliphatic heterocycles. The third-order valence-corrected chi connectivity index (χ3v) is 3.18. The lowest BCUT2D eigenvalue weighted by molar-refractivity contribution is 0.256. The Labute approximate surface area is 132 Å². The molecule has 0 aliphatic carbocycles. The molecule has 0 atom stereocenters. The Kier molecular flexibility index (Phi) is 6.22. The van der Waals surface area contributed by atoms with Gasteiger partial charge in [0.15, 0.2) is 11.5 Å². The van der Waals surface area contributed by atoms with Crippen LogP contribution in [0.5, 0.6) is 11.5 Å². The summed E-state index contributed by atoms with van der Waals surface area (Å²) in [5.74, 6) is 2.07. The van der Waals surface area contributed by atoms with Gasteiger partial charge < -0.3 is 14.8 Å². The number of pyridine rings is 1. The SMILES string of the molecule is COc1cc(CNCc2cccnc2)ccc1OCC(C)C. The number of aromatic nitrogens is 1. The van der Waals surface area contributed by atoms with Gasteiger partial charge in [-0.15, -0.1) is 0 Å². The topological polar surface area (TPSA) is 43.4 Å². The number of benzene rings is 1. The maximum atomic E-state index is 5.76. The Hall–Kier alpha value is -2.07. The lowest BCUT2D eigenvalue weighted by Gasteiger charge is -2.14. The molecule has 0 bridgehead atoms. The molecule has 0 aliphatic rings. The molecule has 0 amide bonds. The molecule has 2 aromatic rings. The third-order valence-electron chi connectivity index (χ3n) is 3.18. The van der Waals surface area contributed by atoms with Crippen LogP contribution in [0.25, 0.3) is 0 Å². The van der Waals surface area contributed by atoms with E-state index in [1.165, 1.54) is 5.56 Å². The fourth-order valence-electron chi connectivity index (χ4n) is 2.05. The molecule has 22 heavy (non-hydrogen) atoms. The maximum Gasteiger partial charge on any atom is 0.161 e. The standard InChI is InChI=1S/C18H24N2O2/c1-14(2)13-22-17-7-6-15(9-18(17)21-3)10-20-12-16-5-4-8-19-11-16/h4-9,11,14,20H,10,12-13H2,1-3H3. The second-order valence-corrected chi connectivity index (χ2v) is 5.65. The predicted molar refractivity (Wildman–Crippen MR) is 88.1 cm³/mol. The van der Waals surface area contributed by atoms with Gasteiger partial charge in [-0.25, -0.2) is 0 Å². The molecule has 1 N–H and O–H groups in total. The summed E-state index contributed by atoms with van der Waals surface area (Å²) in [6.07, 6.45) is 3.65. The quantitative estimate of drug-likeness (QED) is 0.811. The van der Waals surface area contributed by atoms with E-state index in [-0.39, 0.29) is 0 Å². The Balaban J connectivity index is 1.91. The molecule has 0 radical (unpaired) electrons. The molecule has 1 aromatic carbocycles. The van der Waals surface area contributed by atoms with Gasteiger partial charge in [-0.2, -0.15) is 0 Å². The van der Waals surface area contributed by atoms with Crippen LogP contribution in [0.4, 0.5) is 0 Å². The van der Waals surface area contributed by atoms with E-state index in [0.717, 1.165) is 30.2 Å². The van der Waals surface area contributed by atoms with Crippen LogP contribution in [0.1, 0.15) is 25.0 Å². The zero-order chi connectivity index (χ0) is 15.8. The fourth-order valence-corrected chi connectivity index (χ4v) is 2.05. The summed E-state index contributed by atoms with van der Waals surface area (Å²) in [6.45, 7) is 6.51. The van der Waals surface area contributed by atoms with Gasteiger partial charge in [-0.1, -0.05) is 26.0 Å². The monoisotopic (exact) mass is 300 g/mol. The van der Waals surface area contributed by atoms with E-state index in [0.29, 0.717) is 12.5 Å². The van der Waals surface area contributed by atoms with Gasteiger partial charge in [0.1, 0.15) is 0 Å². The van der Waals surface area contributed by atoms with Crippen LogP contribution in [0.15, 0.2) is 42.7 Å². The first-order chi connectivity index (χ1) is 10.7. The average molecular weight is 300 g/mol. The summed E-state index contributed by atoms with van der Waals surface area (Å²) >= 11 is 0. The minimum Gasteiger partial charge on any atom is -0.493 e. The number of hydrogen-bond donors (Lipinski definition) is 1. The van der Waals surface area contributed by atoms with Gasteiger partial charge in [0.25, 0.3) is 0 Å². The number of nitrogens with one attached hydrogen (secondary N) is 1. The highest BCUT2D eigenvalue weighted by Gasteiger charge is 2.06. The normalized spacial score (nSPS) is 10.7. The van der Waals surface area contributed by atoms with Crippen LogP contribution in [0, 0.1) is 5.92 Å². The molecule has 1 aromatic heterocycles. The van der Waals surface area contributed by atoms with E-state index in [4.69, 9.17) is 9.47 Å². The molecule has 4 heteroatoms. The van der Waals surface area contributed by atoms with Crippen LogP contribution in [-0.2, 0) is 13.1 Å². The van der Waals surface area contributed by atoms with Gasteiger partial charge in [-0.05, 0) is 35.2 Å². The summed E-state index contributed by atoms with van der Waals surface area (Å²) < 4.78 is 11.2. The van der Waals surface area contributed by atoms with Crippen molar-refractivity contribution in [3.63, 3.8) is 0 Å². The first-order valence-corrected chi connectivity index (χ1v) is 7.58. The lowest BCUT2D eigenvalue weighted by Crippen LogP contribution is -2.13. The Bertz CT molecular complexity index is 571. The molecular weight excluding hydrogens is 276 g/mol. The van der Waals surface area contributed by atoms with Crippen LogP contribution in [-0.4, -0.2) is 18.7 Å². The molecule has 2 rings (SSSR count). The average Bonchev–Trinajstić information content (AvgIpc) is 2.54. The van der Waals surface area contributed by atoms with Crippen molar-refractivity contribution < 1.29 is 9.47 Å². The second kappa shape index (κ2) is 8.39. The van der Waals surface area contributed by atoms with E-state index in [1.807, 2.05) is 24.4 Å². The second-order valence-electron chi connectivity index (χ2n) is 5.65. The van der Waals surface area contributed by atoms with Crippen molar-refractivity contribution in [3.05, 3.63) is 53.9 Å². The number of rotatable bonds is 8. The zero-order valence-electron chi connectivity index (χ0n) is 13.5. The summed E-state index contributed by atoms with van der Waals surface area (Å²) in [5, 5.41) is 3.40. The molecule has 0 unspecified atom stereocenters. The molecule has 0 spiro atoms. The molecule has 0 saturated heterocycles. The summed E-state index contributed by atoms with van der Waals surface area (Å²) in [5.41, 5.74) is 2.34. The van der Waals surface area contributed by atoms with Crippen LogP contribution < -0.4 is 14.8 Å². The van der Waals surface area contributed by atoms with E-state index in [2.05, 4.69) is 36.3 Å². The van der Waals surface area contributed by atoms with Crippen LogP contribution >= 0.6 is 0 Å². The molecular formula is C18H24N2O2. The number of methoxy groups -OCH3 is 1. The van der Waals surface area contributed by atoms with Crippen molar-refractivity contribution in [1.29, 1.82) is 0 Å². The van der Waals surface area contributed by atoms with Crippen molar-refractivity contribution in [3.8, 4) is 11.5 Å². The van der Waals surface area contributed by atoms with Gasteiger partial charge in [0, 0.05) is 25.5 Å². The van der Waals surface area contributed by atoms with Crippen molar-refractivity contribution in [2.24, 2.45) is 5.92 Å². The minimum absolute atomic E-state index is 0.491. The largest absolute Gasteiger partial charge is 0.493 e. The van der Waals surface area contributed by atoms with Crippen molar-refractivity contribution in [2.45, 2.75) is 26.9 Å². The first kappa shape index (κ1) is 16.3. The Morgan fingerprint density at radius 2 is 1.91 bits per heavy atom. The van der Waals surface area contributed by atoms with Gasteiger partial charge in [0.05, 0.1) is 13.7 Å². The number of hydrogen-bond acceptors (Lipinski definition) is 4. The minimum atomic E-state index is 0.491. The van der Waals surface area contributed by atoms with E-state index < -0.39 is 0 Å². The zero-order valence-corrected chi connectivity index (χ0v) is 13.5. The lowest BCUT2D eigenvalue weighted by atomic mass is 10.2. The van der Waals surface area contributed by atoms with Crippen LogP contribution in [0.3, 0.4) is 0 Å². The molecule has 118 valence electrons. The highest BCUT2D eigenvalue weighted by Crippen LogP contribution is 2.28. The highest BCUT2D eigenvalue weighted by molar-refractivity contribution is 5.43. The Morgan fingerprint density at radius 1 is 1.09 bits per heavy atom. The molecule has 0 saturated carbocycles. The number of ether oxygens (including phenoxy) is 2. The maximum absolute atomic E-state index is 5.76. The summed E-state index contributed by atoms with van der Waals surface area (Å²) in [7, 11) is 1.67. The van der Waals surface area contributed by atoms with Crippen molar-refractivity contribution >= 4 is 0 Å². The van der Waals surface area contributed by atoms with Gasteiger partial charge in [0.2, 0.25) is 0 Å². The van der Waals surface area contributed by atoms with E-state index >= 15 is 0 Å². The fraction of sp³-hybridized carbons (Fsp3) is 0.389. The first-order valence-electron chi connectivity index (χ1n) is 7.58. The summed E-state index contributed by atoms with van der Waals surface area (Å²) in [4.78, 5) is 4.11. The van der Waals surface area contributed by atoms with Gasteiger partial charge in [-0.3, -0.25) is 4.98 Å². The molecule has 4 nitrogen and oxygen atoms in total. The molecule has 0 fully saturated rings. The van der Waals surface area contributed by atoms with Crippen molar-refractivity contribution in [1.82, 2.24) is 10.3 Å². The highest BCUT2D eigenvalue weighted by atomic mass is 16.5. The Morgan fingerprint density at radius 3 is 2.59 bits per heavy atom. The van der Waals surface area contributed by atoms with Crippen molar-refractivity contribution in [2.75, 3.05) is 13.7 Å². The van der Waals surface area contributed by atoms with E-state index in [9.17, 15) is 0 Å².